The first kappa shape index (κ1) is 15.7. The average Bonchev–Trinajstić information content (AvgIpc) is 2.32. The molecule has 0 N–H and O–H groups in total. The highest BCUT2D eigenvalue weighted by atomic mass is 32.2. The molecule has 0 saturated heterocycles. The first-order chi connectivity index (χ1) is 9.67. The fourth-order valence-electron chi connectivity index (χ4n) is 2.91. The van der Waals surface area contributed by atoms with E-state index in [1.54, 1.807) is 13.8 Å². The predicted molar refractivity (Wildman–Crippen MR) is 78.7 cm³/mol. The Balaban J connectivity index is 2.42. The van der Waals surface area contributed by atoms with Crippen molar-refractivity contribution in [2.75, 3.05) is 12.0 Å². The van der Waals surface area contributed by atoms with Crippen molar-refractivity contribution in [3.05, 3.63) is 27.2 Å². The molecule has 1 saturated carbocycles. The molecule has 0 aromatic carbocycles. The Morgan fingerprint density at radius 1 is 1.38 bits per heavy atom. The van der Waals surface area contributed by atoms with Gasteiger partial charge in [0, 0.05) is 11.7 Å². The maximum Gasteiger partial charge on any atom is 0.284 e. The van der Waals surface area contributed by atoms with E-state index >= 15 is 0 Å². The molecule has 7 heteroatoms. The van der Waals surface area contributed by atoms with E-state index in [-0.39, 0.29) is 17.9 Å². The van der Waals surface area contributed by atoms with Gasteiger partial charge < -0.3 is 0 Å². The Labute approximate surface area is 124 Å². The second-order valence-corrected chi connectivity index (χ2v) is 8.22. The molecule has 1 aliphatic carbocycles. The van der Waals surface area contributed by atoms with E-state index in [2.05, 4.69) is 5.10 Å². The van der Waals surface area contributed by atoms with E-state index < -0.39 is 20.8 Å². The molecule has 0 radical (unpaired) electrons. The molecule has 0 spiro atoms. The summed E-state index contributed by atoms with van der Waals surface area (Å²) >= 11 is 0. The summed E-state index contributed by atoms with van der Waals surface area (Å²) in [5, 5.41) is 13.4. The van der Waals surface area contributed by atoms with Crippen molar-refractivity contribution in [3.63, 3.8) is 0 Å². The van der Waals surface area contributed by atoms with Crippen LogP contribution in [0.3, 0.4) is 0 Å². The van der Waals surface area contributed by atoms with E-state index in [9.17, 15) is 13.2 Å². The molecule has 1 heterocycles. The number of hydrogen-bond donors (Lipinski definition) is 0. The largest absolute Gasteiger partial charge is 0.284 e. The van der Waals surface area contributed by atoms with Gasteiger partial charge in [0.1, 0.15) is 21.5 Å². The molecule has 0 unspecified atom stereocenters. The first-order valence-corrected chi connectivity index (χ1v) is 8.90. The number of aryl methyl sites for hydroxylation is 1. The lowest BCUT2D eigenvalue weighted by atomic mass is 9.70. The minimum Gasteiger partial charge on any atom is -0.266 e. The lowest BCUT2D eigenvalue weighted by molar-refractivity contribution is 0.126. The molecular weight excluding hydrogens is 290 g/mol. The van der Waals surface area contributed by atoms with E-state index in [1.807, 2.05) is 6.07 Å². The lowest BCUT2D eigenvalue weighted by Crippen LogP contribution is -2.44. The summed E-state index contributed by atoms with van der Waals surface area (Å²) in [4.78, 5) is 12.3. The SMILES string of the molecule is Cc1nn(CC2(CS(C)(=O)=O)CCC2)c(=O)c(C#N)c1C. The summed E-state index contributed by atoms with van der Waals surface area (Å²) < 4.78 is 24.5. The van der Waals surface area contributed by atoms with Crippen molar-refractivity contribution in [1.29, 1.82) is 5.26 Å². The summed E-state index contributed by atoms with van der Waals surface area (Å²) in [7, 11) is -3.12. The molecule has 1 aromatic heterocycles. The molecule has 0 atom stereocenters. The molecule has 0 aliphatic heterocycles. The molecule has 6 nitrogen and oxygen atoms in total. The maximum absolute atomic E-state index is 12.3. The van der Waals surface area contributed by atoms with E-state index in [0.717, 1.165) is 19.3 Å². The van der Waals surface area contributed by atoms with Gasteiger partial charge in [-0.2, -0.15) is 10.4 Å². The minimum absolute atomic E-state index is 0.0585. The molecule has 1 aromatic rings. The highest BCUT2D eigenvalue weighted by Crippen LogP contribution is 2.43. The van der Waals surface area contributed by atoms with Crippen molar-refractivity contribution >= 4 is 9.84 Å². The molecule has 1 fully saturated rings. The fraction of sp³-hybridized carbons (Fsp3) is 0.643. The summed E-state index contributed by atoms with van der Waals surface area (Å²) in [6.07, 6.45) is 3.70. The van der Waals surface area contributed by atoms with Crippen LogP contribution >= 0.6 is 0 Å². The number of hydrogen-bond acceptors (Lipinski definition) is 5. The fourth-order valence-corrected chi connectivity index (χ4v) is 4.40. The van der Waals surface area contributed by atoms with Gasteiger partial charge >= 0.3 is 0 Å². The number of sulfone groups is 1. The topological polar surface area (TPSA) is 92.8 Å². The van der Waals surface area contributed by atoms with Gasteiger partial charge in [0.05, 0.1) is 18.0 Å². The average molecular weight is 309 g/mol. The van der Waals surface area contributed by atoms with Crippen LogP contribution in [0.5, 0.6) is 0 Å². The smallest absolute Gasteiger partial charge is 0.266 e. The zero-order valence-electron chi connectivity index (χ0n) is 12.5. The van der Waals surface area contributed by atoms with Crippen LogP contribution in [-0.4, -0.2) is 30.2 Å². The van der Waals surface area contributed by atoms with Crippen LogP contribution in [0.25, 0.3) is 0 Å². The zero-order valence-corrected chi connectivity index (χ0v) is 13.3. The number of nitrogens with zero attached hydrogens (tertiary/aromatic N) is 3. The molecule has 0 bridgehead atoms. The second-order valence-electron chi connectivity index (χ2n) is 6.08. The molecule has 1 aliphatic rings. The van der Waals surface area contributed by atoms with Crippen LogP contribution in [0, 0.1) is 30.6 Å². The summed E-state index contributed by atoms with van der Waals surface area (Å²) in [6.45, 7) is 3.70. The Kier molecular flexibility index (Phi) is 3.93. The summed E-state index contributed by atoms with van der Waals surface area (Å²) in [5.74, 6) is 0.0585. The Bertz CT molecular complexity index is 768. The van der Waals surface area contributed by atoms with Crippen LogP contribution in [0.4, 0.5) is 0 Å². The maximum atomic E-state index is 12.3. The quantitative estimate of drug-likeness (QED) is 0.825. The second kappa shape index (κ2) is 5.26. The standard InChI is InChI=1S/C14H19N3O3S/c1-10-11(2)16-17(13(18)12(10)7-15)8-14(5-4-6-14)9-21(3,19)20/h4-6,8-9H2,1-3H3. The molecule has 114 valence electrons. The third kappa shape index (κ3) is 3.16. The first-order valence-electron chi connectivity index (χ1n) is 6.84. The van der Waals surface area contributed by atoms with Crippen LogP contribution in [0.2, 0.25) is 0 Å². The molecule has 21 heavy (non-hydrogen) atoms. The number of aromatic nitrogens is 2. The van der Waals surface area contributed by atoms with Crippen molar-refractivity contribution in [2.45, 2.75) is 39.7 Å². The Hall–Kier alpha value is -1.68. The monoisotopic (exact) mass is 309 g/mol. The van der Waals surface area contributed by atoms with Crippen LogP contribution in [0.15, 0.2) is 4.79 Å². The third-order valence-corrected chi connectivity index (χ3v) is 5.35. The molecule has 2 rings (SSSR count). The molecular formula is C14H19N3O3S. The Morgan fingerprint density at radius 2 is 2.00 bits per heavy atom. The van der Waals surface area contributed by atoms with Gasteiger partial charge in [-0.15, -0.1) is 0 Å². The van der Waals surface area contributed by atoms with Gasteiger partial charge in [0.15, 0.2) is 0 Å². The van der Waals surface area contributed by atoms with Gasteiger partial charge in [0.25, 0.3) is 5.56 Å². The van der Waals surface area contributed by atoms with Gasteiger partial charge in [-0.05, 0) is 32.3 Å². The summed E-state index contributed by atoms with van der Waals surface area (Å²) in [6, 6.07) is 1.92. The minimum atomic E-state index is -3.12. The third-order valence-electron chi connectivity index (χ3n) is 4.22. The lowest BCUT2D eigenvalue weighted by Gasteiger charge is -2.41. The van der Waals surface area contributed by atoms with Crippen LogP contribution in [-0.2, 0) is 16.4 Å². The van der Waals surface area contributed by atoms with E-state index in [1.165, 1.54) is 10.9 Å². The normalized spacial score (nSPS) is 17.0. The van der Waals surface area contributed by atoms with E-state index in [0.29, 0.717) is 11.3 Å². The molecule has 0 amide bonds. The van der Waals surface area contributed by atoms with Crippen LogP contribution in [0.1, 0.15) is 36.1 Å². The zero-order chi connectivity index (χ0) is 15.8. The van der Waals surface area contributed by atoms with Crippen molar-refractivity contribution in [3.8, 4) is 6.07 Å². The van der Waals surface area contributed by atoms with Gasteiger partial charge in [-0.1, -0.05) is 6.42 Å². The van der Waals surface area contributed by atoms with Gasteiger partial charge in [-0.3, -0.25) is 4.79 Å². The number of nitriles is 1. The van der Waals surface area contributed by atoms with Gasteiger partial charge in [0.2, 0.25) is 0 Å². The highest BCUT2D eigenvalue weighted by molar-refractivity contribution is 7.90. The predicted octanol–water partition coefficient (Wildman–Crippen LogP) is 0.947. The van der Waals surface area contributed by atoms with Crippen molar-refractivity contribution < 1.29 is 8.42 Å². The van der Waals surface area contributed by atoms with Crippen molar-refractivity contribution in [1.82, 2.24) is 9.78 Å². The summed E-state index contributed by atoms with van der Waals surface area (Å²) in [5.41, 5.74) is 0.458. The van der Waals surface area contributed by atoms with Crippen molar-refractivity contribution in [2.24, 2.45) is 5.41 Å². The highest BCUT2D eigenvalue weighted by Gasteiger charge is 2.41. The van der Waals surface area contributed by atoms with Gasteiger partial charge in [-0.25, -0.2) is 13.1 Å². The van der Waals surface area contributed by atoms with Crippen LogP contribution < -0.4 is 5.56 Å². The Morgan fingerprint density at radius 3 is 2.43 bits per heavy atom. The number of rotatable bonds is 4. The van der Waals surface area contributed by atoms with E-state index in [4.69, 9.17) is 5.26 Å².